The fourth-order valence-corrected chi connectivity index (χ4v) is 2.93. The van der Waals surface area contributed by atoms with Crippen molar-refractivity contribution in [2.45, 2.75) is 25.1 Å². The molecule has 3 rings (SSSR count). The maximum atomic E-state index is 12.2. The third-order valence-corrected chi connectivity index (χ3v) is 4.30. The first-order valence-electron chi connectivity index (χ1n) is 7.66. The number of nitrogens with one attached hydrogen (secondary N) is 2. The van der Waals surface area contributed by atoms with Gasteiger partial charge in [-0.1, -0.05) is 48.0 Å². The third kappa shape index (κ3) is 3.91. The van der Waals surface area contributed by atoms with Crippen molar-refractivity contribution >= 4 is 17.5 Å². The maximum Gasteiger partial charge on any atom is 0.237 e. The van der Waals surface area contributed by atoms with Gasteiger partial charge in [-0.2, -0.15) is 0 Å². The second-order valence-electron chi connectivity index (χ2n) is 5.73. The van der Waals surface area contributed by atoms with Crippen LogP contribution >= 0.6 is 11.6 Å². The van der Waals surface area contributed by atoms with E-state index in [-0.39, 0.29) is 11.9 Å². The molecule has 5 heteroatoms. The zero-order chi connectivity index (χ0) is 16.2. The molecule has 2 aromatic rings. The minimum Gasteiger partial charge on any atom is -0.392 e. The van der Waals surface area contributed by atoms with E-state index in [4.69, 9.17) is 11.6 Å². The van der Waals surface area contributed by atoms with Gasteiger partial charge in [-0.3, -0.25) is 4.79 Å². The molecule has 4 nitrogen and oxygen atoms in total. The third-order valence-electron chi connectivity index (χ3n) is 4.05. The summed E-state index contributed by atoms with van der Waals surface area (Å²) in [7, 11) is 0. The van der Waals surface area contributed by atoms with Gasteiger partial charge in [-0.15, -0.1) is 0 Å². The first-order chi connectivity index (χ1) is 11.1. The molecule has 1 aliphatic heterocycles. The second kappa shape index (κ2) is 7.13. The van der Waals surface area contributed by atoms with Gasteiger partial charge in [0.2, 0.25) is 5.91 Å². The van der Waals surface area contributed by atoms with Crippen molar-refractivity contribution in [3.63, 3.8) is 0 Å². The Morgan fingerprint density at radius 1 is 1.22 bits per heavy atom. The highest BCUT2D eigenvalue weighted by atomic mass is 35.5. The lowest BCUT2D eigenvalue weighted by Crippen LogP contribution is -2.40. The Bertz CT molecular complexity index is 688. The molecule has 2 atom stereocenters. The number of benzene rings is 2. The molecular weight excluding hydrogens is 312 g/mol. The molecule has 1 heterocycles. The van der Waals surface area contributed by atoms with Crippen LogP contribution in [0.4, 0.5) is 0 Å². The van der Waals surface area contributed by atoms with E-state index < -0.39 is 6.10 Å². The van der Waals surface area contributed by atoms with Crippen molar-refractivity contribution in [3.05, 3.63) is 59.1 Å². The number of amides is 1. The normalized spacial score (nSPS) is 20.4. The lowest BCUT2D eigenvalue weighted by Gasteiger charge is -2.14. The van der Waals surface area contributed by atoms with Crippen molar-refractivity contribution < 1.29 is 9.90 Å². The molecule has 1 saturated heterocycles. The Morgan fingerprint density at radius 3 is 2.65 bits per heavy atom. The predicted molar refractivity (Wildman–Crippen MR) is 91.1 cm³/mol. The number of β-amino-alcohol motifs (C(OH)–C–C–N with tert-alkyl or cyclic N) is 1. The summed E-state index contributed by atoms with van der Waals surface area (Å²) < 4.78 is 0. The number of rotatable bonds is 4. The summed E-state index contributed by atoms with van der Waals surface area (Å²) in [5.41, 5.74) is 3.18. The van der Waals surface area contributed by atoms with Crippen LogP contribution in [0.1, 0.15) is 12.0 Å². The Balaban J connectivity index is 1.71. The van der Waals surface area contributed by atoms with Crippen molar-refractivity contribution in [1.82, 2.24) is 10.6 Å². The fourth-order valence-electron chi connectivity index (χ4n) is 2.81. The molecule has 0 saturated carbocycles. The summed E-state index contributed by atoms with van der Waals surface area (Å²) in [6.45, 7) is 0.922. The predicted octanol–water partition coefficient (Wildman–Crippen LogP) is 2.35. The second-order valence-corrected chi connectivity index (χ2v) is 6.17. The van der Waals surface area contributed by atoms with Gasteiger partial charge in [0.05, 0.1) is 12.1 Å². The van der Waals surface area contributed by atoms with Crippen molar-refractivity contribution in [2.75, 3.05) is 6.54 Å². The molecule has 0 bridgehead atoms. The smallest absolute Gasteiger partial charge is 0.237 e. The number of carbonyl (C=O) groups is 1. The number of hydrogen-bond acceptors (Lipinski definition) is 3. The van der Waals surface area contributed by atoms with Gasteiger partial charge in [0.1, 0.15) is 0 Å². The molecule has 1 aliphatic rings. The molecule has 0 radical (unpaired) electrons. The van der Waals surface area contributed by atoms with Crippen LogP contribution in [-0.4, -0.2) is 29.7 Å². The highest BCUT2D eigenvalue weighted by Gasteiger charge is 2.27. The molecule has 0 spiro atoms. The molecule has 0 aromatic heterocycles. The van der Waals surface area contributed by atoms with Gasteiger partial charge < -0.3 is 15.7 Å². The van der Waals surface area contributed by atoms with Gasteiger partial charge in [0.15, 0.2) is 0 Å². The van der Waals surface area contributed by atoms with Crippen LogP contribution in [-0.2, 0) is 11.3 Å². The van der Waals surface area contributed by atoms with E-state index >= 15 is 0 Å². The SMILES string of the molecule is O=C(NCc1ccccc1-c1ccc(Cl)cc1)C1CC(O)CN1. The highest BCUT2D eigenvalue weighted by molar-refractivity contribution is 6.30. The van der Waals surface area contributed by atoms with E-state index in [1.54, 1.807) is 0 Å². The quantitative estimate of drug-likeness (QED) is 0.806. The van der Waals surface area contributed by atoms with Gasteiger partial charge in [-0.05, 0) is 35.2 Å². The molecular formula is C18H19ClN2O2. The molecule has 1 amide bonds. The zero-order valence-corrected chi connectivity index (χ0v) is 13.4. The topological polar surface area (TPSA) is 61.4 Å². The summed E-state index contributed by atoms with van der Waals surface area (Å²) >= 11 is 5.94. The van der Waals surface area contributed by atoms with Gasteiger partial charge in [0.25, 0.3) is 0 Å². The Hall–Kier alpha value is -1.88. The van der Waals surface area contributed by atoms with Crippen LogP contribution in [0.25, 0.3) is 11.1 Å². The van der Waals surface area contributed by atoms with Crippen LogP contribution in [0.5, 0.6) is 0 Å². The lowest BCUT2D eigenvalue weighted by molar-refractivity contribution is -0.123. The van der Waals surface area contributed by atoms with E-state index in [2.05, 4.69) is 10.6 Å². The summed E-state index contributed by atoms with van der Waals surface area (Å²) in [4.78, 5) is 12.2. The van der Waals surface area contributed by atoms with Gasteiger partial charge in [0, 0.05) is 18.1 Å². The minimum absolute atomic E-state index is 0.0764. The van der Waals surface area contributed by atoms with E-state index in [1.165, 1.54) is 0 Å². The zero-order valence-electron chi connectivity index (χ0n) is 12.6. The monoisotopic (exact) mass is 330 g/mol. The molecule has 0 aliphatic carbocycles. The number of aliphatic hydroxyl groups is 1. The summed E-state index contributed by atoms with van der Waals surface area (Å²) in [5.74, 6) is -0.0764. The summed E-state index contributed by atoms with van der Waals surface area (Å²) in [5, 5.41) is 16.2. The largest absolute Gasteiger partial charge is 0.392 e. The Labute approximate surface area is 140 Å². The van der Waals surface area contributed by atoms with Crippen LogP contribution < -0.4 is 10.6 Å². The van der Waals surface area contributed by atoms with Crippen LogP contribution in [0.3, 0.4) is 0 Å². The first-order valence-corrected chi connectivity index (χ1v) is 8.04. The minimum atomic E-state index is -0.438. The standard InChI is InChI=1S/C18H19ClN2O2/c19-14-7-5-12(6-8-14)16-4-2-1-3-13(16)10-21-18(23)17-9-15(22)11-20-17/h1-8,15,17,20,22H,9-11H2,(H,21,23). The Morgan fingerprint density at radius 2 is 1.96 bits per heavy atom. The first kappa shape index (κ1) is 16.0. The number of hydrogen-bond donors (Lipinski definition) is 3. The number of aliphatic hydroxyl groups excluding tert-OH is 1. The molecule has 120 valence electrons. The van der Waals surface area contributed by atoms with Gasteiger partial charge >= 0.3 is 0 Å². The van der Waals surface area contributed by atoms with E-state index in [0.29, 0.717) is 24.5 Å². The van der Waals surface area contributed by atoms with Crippen molar-refractivity contribution in [2.24, 2.45) is 0 Å². The Kier molecular flexibility index (Phi) is 4.96. The van der Waals surface area contributed by atoms with Crippen LogP contribution in [0.15, 0.2) is 48.5 Å². The van der Waals surface area contributed by atoms with Gasteiger partial charge in [-0.25, -0.2) is 0 Å². The van der Waals surface area contributed by atoms with Crippen molar-refractivity contribution in [1.29, 1.82) is 0 Å². The van der Waals surface area contributed by atoms with Crippen LogP contribution in [0.2, 0.25) is 5.02 Å². The fraction of sp³-hybridized carbons (Fsp3) is 0.278. The van der Waals surface area contributed by atoms with E-state index in [1.807, 2.05) is 48.5 Å². The maximum absolute atomic E-state index is 12.2. The van der Waals surface area contributed by atoms with Crippen molar-refractivity contribution in [3.8, 4) is 11.1 Å². The van der Waals surface area contributed by atoms with E-state index in [9.17, 15) is 9.90 Å². The van der Waals surface area contributed by atoms with E-state index in [0.717, 1.165) is 16.7 Å². The molecule has 2 unspecified atom stereocenters. The molecule has 23 heavy (non-hydrogen) atoms. The average molecular weight is 331 g/mol. The molecule has 1 fully saturated rings. The number of halogens is 1. The number of carbonyl (C=O) groups excluding carboxylic acids is 1. The lowest BCUT2D eigenvalue weighted by atomic mass is 9.99. The summed E-state index contributed by atoms with van der Waals surface area (Å²) in [6.07, 6.45) is 0.0251. The molecule has 2 aromatic carbocycles. The highest BCUT2D eigenvalue weighted by Crippen LogP contribution is 2.25. The summed E-state index contributed by atoms with van der Waals surface area (Å²) in [6, 6.07) is 15.3. The average Bonchev–Trinajstić information content (AvgIpc) is 3.00. The molecule has 3 N–H and O–H groups in total. The van der Waals surface area contributed by atoms with Crippen LogP contribution in [0, 0.1) is 0 Å².